The van der Waals surface area contributed by atoms with Gasteiger partial charge in [0.25, 0.3) is 0 Å². The molecule has 5 nitrogen and oxygen atoms in total. The van der Waals surface area contributed by atoms with Gasteiger partial charge in [-0.2, -0.15) is 0 Å². The summed E-state index contributed by atoms with van der Waals surface area (Å²) in [5.74, 6) is -0.453. The van der Waals surface area contributed by atoms with E-state index in [4.69, 9.17) is 9.47 Å². The third-order valence-corrected chi connectivity index (χ3v) is 4.22. The van der Waals surface area contributed by atoms with Gasteiger partial charge < -0.3 is 14.8 Å². The summed E-state index contributed by atoms with van der Waals surface area (Å²) >= 11 is 0. The van der Waals surface area contributed by atoms with Crippen molar-refractivity contribution in [2.24, 2.45) is 5.41 Å². The van der Waals surface area contributed by atoms with Crippen LogP contribution >= 0.6 is 0 Å². The number of nitrogens with one attached hydrogen (secondary N) is 1. The molecule has 0 unspecified atom stereocenters. The molecule has 0 aromatic rings. The van der Waals surface area contributed by atoms with Crippen LogP contribution in [0.2, 0.25) is 0 Å². The van der Waals surface area contributed by atoms with E-state index in [1.54, 1.807) is 20.8 Å². The SMILES string of the molecule is C=CCCCC[C@@](C)(CC)OC(=O)N[C@H](C(=O)OC(C)(C)C)C(C)(C)C. The van der Waals surface area contributed by atoms with E-state index >= 15 is 0 Å². The third kappa shape index (κ3) is 9.83. The number of hydrogen-bond acceptors (Lipinski definition) is 4. The number of amides is 1. The lowest BCUT2D eigenvalue weighted by Crippen LogP contribution is -2.52. The summed E-state index contributed by atoms with van der Waals surface area (Å²) in [7, 11) is 0. The Morgan fingerprint density at radius 3 is 2.04 bits per heavy atom. The lowest BCUT2D eigenvalue weighted by molar-refractivity contribution is -0.160. The van der Waals surface area contributed by atoms with Crippen molar-refractivity contribution in [3.63, 3.8) is 0 Å². The first-order valence-corrected chi connectivity index (χ1v) is 9.57. The summed E-state index contributed by atoms with van der Waals surface area (Å²) in [6.07, 6.45) is 5.73. The van der Waals surface area contributed by atoms with E-state index in [0.29, 0.717) is 6.42 Å². The van der Waals surface area contributed by atoms with Crippen molar-refractivity contribution >= 4 is 12.1 Å². The van der Waals surface area contributed by atoms with Gasteiger partial charge in [-0.1, -0.05) is 33.8 Å². The fourth-order valence-electron chi connectivity index (χ4n) is 2.45. The van der Waals surface area contributed by atoms with Crippen LogP contribution in [0.3, 0.4) is 0 Å². The van der Waals surface area contributed by atoms with Gasteiger partial charge >= 0.3 is 12.1 Å². The van der Waals surface area contributed by atoms with Gasteiger partial charge in [0.15, 0.2) is 0 Å². The highest BCUT2D eigenvalue weighted by atomic mass is 16.6. The minimum Gasteiger partial charge on any atom is -0.458 e. The third-order valence-electron chi connectivity index (χ3n) is 4.22. The smallest absolute Gasteiger partial charge is 0.408 e. The topological polar surface area (TPSA) is 64.6 Å². The highest BCUT2D eigenvalue weighted by Gasteiger charge is 2.37. The molecule has 0 saturated carbocycles. The lowest BCUT2D eigenvalue weighted by atomic mass is 9.86. The second-order valence-corrected chi connectivity index (χ2v) is 9.20. The quantitative estimate of drug-likeness (QED) is 0.336. The van der Waals surface area contributed by atoms with Crippen molar-refractivity contribution < 1.29 is 19.1 Å². The second-order valence-electron chi connectivity index (χ2n) is 9.20. The molecule has 0 rings (SSSR count). The zero-order chi connectivity index (χ0) is 20.6. The van der Waals surface area contributed by atoms with Crippen molar-refractivity contribution in [1.29, 1.82) is 0 Å². The summed E-state index contributed by atoms with van der Waals surface area (Å²) in [6.45, 7) is 18.7. The maximum atomic E-state index is 12.5. The monoisotopic (exact) mass is 369 g/mol. The second kappa shape index (κ2) is 9.98. The Bertz CT molecular complexity index is 473. The summed E-state index contributed by atoms with van der Waals surface area (Å²) < 4.78 is 11.1. The Kier molecular flexibility index (Phi) is 9.40. The van der Waals surface area contributed by atoms with Gasteiger partial charge in [-0.15, -0.1) is 6.58 Å². The van der Waals surface area contributed by atoms with Crippen molar-refractivity contribution in [3.8, 4) is 0 Å². The van der Waals surface area contributed by atoms with Crippen LogP contribution in [-0.4, -0.2) is 29.3 Å². The number of hydrogen-bond donors (Lipinski definition) is 1. The number of carbonyl (C=O) groups is 2. The van der Waals surface area contributed by atoms with Crippen LogP contribution in [0, 0.1) is 5.41 Å². The molecular weight excluding hydrogens is 330 g/mol. The summed E-state index contributed by atoms with van der Waals surface area (Å²) in [4.78, 5) is 25.0. The van der Waals surface area contributed by atoms with Crippen molar-refractivity contribution in [2.45, 2.75) is 105 Å². The first kappa shape index (κ1) is 24.5. The lowest BCUT2D eigenvalue weighted by Gasteiger charge is -2.34. The Balaban J connectivity index is 4.97. The molecule has 0 bridgehead atoms. The minimum absolute atomic E-state index is 0.453. The van der Waals surface area contributed by atoms with Crippen LogP contribution in [-0.2, 0) is 14.3 Å². The standard InChI is InChI=1S/C21H39NO4/c1-10-12-13-14-15-21(9,11-2)26-18(24)22-16(19(3,4)5)17(23)25-20(6,7)8/h10,16H,1,11-15H2,2-9H3,(H,22,24)/t16-,21-/m1/s1. The predicted octanol–water partition coefficient (Wildman–Crippen LogP) is 5.38. The maximum Gasteiger partial charge on any atom is 0.408 e. The van der Waals surface area contributed by atoms with Gasteiger partial charge in [-0.25, -0.2) is 9.59 Å². The molecule has 152 valence electrons. The van der Waals surface area contributed by atoms with Gasteiger partial charge in [0.05, 0.1) is 0 Å². The molecule has 1 amide bonds. The fraction of sp³-hybridized carbons (Fsp3) is 0.810. The van der Waals surface area contributed by atoms with Crippen LogP contribution < -0.4 is 5.32 Å². The fourth-order valence-corrected chi connectivity index (χ4v) is 2.45. The van der Waals surface area contributed by atoms with E-state index in [1.165, 1.54) is 0 Å². The molecule has 0 aliphatic rings. The van der Waals surface area contributed by atoms with Crippen molar-refractivity contribution in [3.05, 3.63) is 12.7 Å². The number of carbonyl (C=O) groups excluding carboxylic acids is 2. The van der Waals surface area contributed by atoms with E-state index in [0.717, 1.165) is 25.7 Å². The van der Waals surface area contributed by atoms with E-state index in [-0.39, 0.29) is 0 Å². The molecule has 0 spiro atoms. The molecule has 0 aliphatic carbocycles. The van der Waals surface area contributed by atoms with Crippen LogP contribution in [0.15, 0.2) is 12.7 Å². The number of allylic oxidation sites excluding steroid dienone is 1. The number of unbranched alkanes of at least 4 members (excludes halogenated alkanes) is 2. The van der Waals surface area contributed by atoms with Gasteiger partial charge in [0, 0.05) is 0 Å². The molecule has 26 heavy (non-hydrogen) atoms. The van der Waals surface area contributed by atoms with E-state index in [9.17, 15) is 9.59 Å². The number of alkyl carbamates (subject to hydrolysis) is 1. The van der Waals surface area contributed by atoms with E-state index < -0.39 is 34.7 Å². The maximum absolute atomic E-state index is 12.5. The molecule has 0 fully saturated rings. The number of rotatable bonds is 9. The summed E-state index contributed by atoms with van der Waals surface area (Å²) in [6, 6.07) is -0.781. The molecule has 0 radical (unpaired) electrons. The molecule has 0 aromatic heterocycles. The van der Waals surface area contributed by atoms with Gasteiger partial charge in [0.2, 0.25) is 0 Å². The molecule has 0 aromatic carbocycles. The average molecular weight is 370 g/mol. The van der Waals surface area contributed by atoms with Crippen LogP contribution in [0.25, 0.3) is 0 Å². The molecule has 0 aliphatic heterocycles. The Morgan fingerprint density at radius 2 is 1.62 bits per heavy atom. The number of ether oxygens (including phenoxy) is 2. The minimum atomic E-state index is -0.781. The highest BCUT2D eigenvalue weighted by molar-refractivity contribution is 5.82. The Morgan fingerprint density at radius 1 is 1.04 bits per heavy atom. The average Bonchev–Trinajstić information content (AvgIpc) is 2.46. The van der Waals surface area contributed by atoms with E-state index in [1.807, 2.05) is 40.7 Å². The zero-order valence-electron chi connectivity index (χ0n) is 18.0. The van der Waals surface area contributed by atoms with Gasteiger partial charge in [-0.3, -0.25) is 0 Å². The van der Waals surface area contributed by atoms with E-state index in [2.05, 4.69) is 11.9 Å². The first-order chi connectivity index (χ1) is 11.7. The Labute approximate surface area is 159 Å². The Hall–Kier alpha value is -1.52. The van der Waals surface area contributed by atoms with Crippen LogP contribution in [0.5, 0.6) is 0 Å². The zero-order valence-corrected chi connectivity index (χ0v) is 18.0. The van der Waals surface area contributed by atoms with Crippen LogP contribution in [0.1, 0.15) is 87.5 Å². The molecule has 0 heterocycles. The highest BCUT2D eigenvalue weighted by Crippen LogP contribution is 2.26. The molecular formula is C21H39NO4. The molecule has 1 N–H and O–H groups in total. The van der Waals surface area contributed by atoms with Crippen molar-refractivity contribution in [1.82, 2.24) is 5.32 Å². The molecule has 5 heteroatoms. The molecule has 0 saturated heterocycles. The predicted molar refractivity (Wildman–Crippen MR) is 106 cm³/mol. The summed E-state index contributed by atoms with van der Waals surface area (Å²) in [5.41, 5.74) is -1.66. The largest absolute Gasteiger partial charge is 0.458 e. The van der Waals surface area contributed by atoms with Gasteiger partial charge in [0.1, 0.15) is 17.2 Å². The number of esters is 1. The van der Waals surface area contributed by atoms with Crippen LogP contribution in [0.4, 0.5) is 4.79 Å². The van der Waals surface area contributed by atoms with Gasteiger partial charge in [-0.05, 0) is 65.2 Å². The summed E-state index contributed by atoms with van der Waals surface area (Å²) in [5, 5.41) is 2.72. The van der Waals surface area contributed by atoms with Crippen molar-refractivity contribution in [2.75, 3.05) is 0 Å². The normalized spacial score (nSPS) is 15.5. The molecule has 2 atom stereocenters. The first-order valence-electron chi connectivity index (χ1n) is 9.57.